The van der Waals surface area contributed by atoms with Crippen molar-refractivity contribution in [3.63, 3.8) is 0 Å². The fraction of sp³-hybridized carbons (Fsp3) is 0.348. The van der Waals surface area contributed by atoms with Crippen molar-refractivity contribution in [1.82, 2.24) is 10.2 Å². The molecule has 2 atom stereocenters. The van der Waals surface area contributed by atoms with Crippen molar-refractivity contribution in [3.05, 3.63) is 59.7 Å². The fourth-order valence-electron chi connectivity index (χ4n) is 3.82. The monoisotopic (exact) mass is 464 g/mol. The third-order valence-corrected chi connectivity index (χ3v) is 5.66. The Morgan fingerprint density at radius 3 is 2.06 bits per heavy atom. The highest BCUT2D eigenvalue weighted by atomic mass is 19.4. The van der Waals surface area contributed by atoms with Crippen molar-refractivity contribution >= 4 is 18.0 Å². The number of carbonyl (C=O) groups is 3. The molecule has 0 aromatic heterocycles. The van der Waals surface area contributed by atoms with Crippen LogP contribution in [0, 0.1) is 0 Å². The number of rotatable bonds is 7. The van der Waals surface area contributed by atoms with Gasteiger partial charge in [-0.1, -0.05) is 48.5 Å². The van der Waals surface area contributed by atoms with Crippen LogP contribution in [0.5, 0.6) is 0 Å². The summed E-state index contributed by atoms with van der Waals surface area (Å²) in [5.74, 6) is -2.89. The molecule has 2 unspecified atom stereocenters. The lowest BCUT2D eigenvalue weighted by atomic mass is 9.98. The average Bonchev–Trinajstić information content (AvgIpc) is 3.08. The Morgan fingerprint density at radius 1 is 1.06 bits per heavy atom. The molecule has 2 aromatic rings. The number of carboxylic acid groups (broad SMARTS) is 1. The minimum absolute atomic E-state index is 0.145. The summed E-state index contributed by atoms with van der Waals surface area (Å²) in [6, 6.07) is 11.7. The number of benzene rings is 2. The summed E-state index contributed by atoms with van der Waals surface area (Å²) in [7, 11) is 1.06. The maximum Gasteiger partial charge on any atom is 0.407 e. The van der Waals surface area contributed by atoms with Gasteiger partial charge in [0.2, 0.25) is 5.91 Å². The van der Waals surface area contributed by atoms with Crippen molar-refractivity contribution in [2.75, 3.05) is 13.7 Å². The van der Waals surface area contributed by atoms with Gasteiger partial charge in [-0.25, -0.2) is 9.59 Å². The van der Waals surface area contributed by atoms with Crippen LogP contribution in [0.1, 0.15) is 30.4 Å². The van der Waals surface area contributed by atoms with Crippen LogP contribution in [-0.4, -0.2) is 59.9 Å². The number of halogens is 3. The zero-order valence-electron chi connectivity index (χ0n) is 17.9. The van der Waals surface area contributed by atoms with Crippen molar-refractivity contribution in [3.8, 4) is 11.1 Å². The SMILES string of the molecule is CC(C(=O)O)N(C)C(=O)C(CC(F)(F)F)NC(=O)OCC1c2ccccc2-c2ccccc21. The second kappa shape index (κ2) is 9.51. The van der Waals surface area contributed by atoms with Gasteiger partial charge in [-0.15, -0.1) is 0 Å². The standard InChI is InChI=1S/C23H23F3N2O5/c1-13(21(30)31)28(2)20(29)19(11-23(24,25)26)27-22(32)33-12-18-16-9-5-3-7-14(16)15-8-4-6-10-17(15)18/h3-10,13,18-19H,11-12H2,1-2H3,(H,27,32)(H,30,31). The molecule has 33 heavy (non-hydrogen) atoms. The molecule has 1 aliphatic carbocycles. The minimum Gasteiger partial charge on any atom is -0.480 e. The van der Waals surface area contributed by atoms with Gasteiger partial charge in [0, 0.05) is 13.0 Å². The number of amides is 2. The third-order valence-electron chi connectivity index (χ3n) is 5.66. The van der Waals surface area contributed by atoms with Gasteiger partial charge >= 0.3 is 18.2 Å². The van der Waals surface area contributed by atoms with Gasteiger partial charge in [0.1, 0.15) is 18.7 Å². The number of aliphatic carboxylic acids is 1. The van der Waals surface area contributed by atoms with Gasteiger partial charge < -0.3 is 20.1 Å². The summed E-state index contributed by atoms with van der Waals surface area (Å²) in [5.41, 5.74) is 3.81. The summed E-state index contributed by atoms with van der Waals surface area (Å²) >= 11 is 0. The molecule has 2 N–H and O–H groups in total. The van der Waals surface area contributed by atoms with Gasteiger partial charge in [-0.05, 0) is 29.2 Å². The summed E-state index contributed by atoms with van der Waals surface area (Å²) in [5, 5.41) is 11.0. The van der Waals surface area contributed by atoms with E-state index in [0.29, 0.717) is 4.90 Å². The lowest BCUT2D eigenvalue weighted by molar-refractivity contribution is -0.157. The first kappa shape index (κ1) is 24.1. The second-order valence-corrected chi connectivity index (χ2v) is 7.81. The van der Waals surface area contributed by atoms with Gasteiger partial charge in [-0.3, -0.25) is 4.79 Å². The number of carbonyl (C=O) groups excluding carboxylic acids is 2. The number of fused-ring (bicyclic) bond motifs is 3. The van der Waals surface area contributed by atoms with E-state index in [0.717, 1.165) is 36.2 Å². The predicted molar refractivity (Wildman–Crippen MR) is 113 cm³/mol. The number of hydrogen-bond acceptors (Lipinski definition) is 4. The highest BCUT2D eigenvalue weighted by Crippen LogP contribution is 2.44. The van der Waals surface area contributed by atoms with E-state index in [9.17, 15) is 27.6 Å². The molecule has 0 saturated carbocycles. The number of likely N-dealkylation sites (N-methyl/N-ethyl adjacent to an activating group) is 1. The van der Waals surface area contributed by atoms with Crippen LogP contribution >= 0.6 is 0 Å². The summed E-state index contributed by atoms with van der Waals surface area (Å²) in [6.45, 7) is 1.01. The molecule has 10 heteroatoms. The van der Waals surface area contributed by atoms with Crippen molar-refractivity contribution in [2.45, 2.75) is 37.5 Å². The minimum atomic E-state index is -4.77. The highest BCUT2D eigenvalue weighted by molar-refractivity contribution is 5.89. The van der Waals surface area contributed by atoms with E-state index in [4.69, 9.17) is 9.84 Å². The first-order valence-electron chi connectivity index (χ1n) is 10.2. The van der Waals surface area contributed by atoms with E-state index in [1.54, 1.807) is 0 Å². The molecular weight excluding hydrogens is 441 g/mol. The number of nitrogens with one attached hydrogen (secondary N) is 1. The number of nitrogens with zero attached hydrogens (tertiary/aromatic N) is 1. The maximum atomic E-state index is 13.0. The Labute approximate surface area is 188 Å². The van der Waals surface area contributed by atoms with E-state index in [-0.39, 0.29) is 12.5 Å². The van der Waals surface area contributed by atoms with Crippen molar-refractivity contribution in [2.24, 2.45) is 0 Å². The second-order valence-electron chi connectivity index (χ2n) is 7.81. The smallest absolute Gasteiger partial charge is 0.407 e. The van der Waals surface area contributed by atoms with Crippen LogP contribution in [0.2, 0.25) is 0 Å². The number of alkyl halides is 3. The van der Waals surface area contributed by atoms with Crippen LogP contribution in [0.25, 0.3) is 11.1 Å². The van der Waals surface area contributed by atoms with Crippen LogP contribution in [0.4, 0.5) is 18.0 Å². The van der Waals surface area contributed by atoms with Crippen LogP contribution in [0.15, 0.2) is 48.5 Å². The van der Waals surface area contributed by atoms with Crippen molar-refractivity contribution in [1.29, 1.82) is 0 Å². The molecule has 3 rings (SSSR count). The zero-order valence-corrected chi connectivity index (χ0v) is 17.9. The molecular formula is C23H23F3N2O5. The first-order chi connectivity index (χ1) is 15.5. The maximum absolute atomic E-state index is 13.0. The van der Waals surface area contributed by atoms with Gasteiger partial charge in [0.25, 0.3) is 0 Å². The summed E-state index contributed by atoms with van der Waals surface area (Å²) in [4.78, 5) is 36.6. The van der Waals surface area contributed by atoms with Crippen LogP contribution in [0.3, 0.4) is 0 Å². The fourth-order valence-corrected chi connectivity index (χ4v) is 3.82. The van der Waals surface area contributed by atoms with Crippen LogP contribution < -0.4 is 5.32 Å². The van der Waals surface area contributed by atoms with E-state index in [1.165, 1.54) is 0 Å². The predicted octanol–water partition coefficient (Wildman–Crippen LogP) is 3.78. The number of carboxylic acids is 1. The van der Waals surface area contributed by atoms with E-state index in [2.05, 4.69) is 0 Å². The number of hydrogen-bond donors (Lipinski definition) is 2. The Morgan fingerprint density at radius 2 is 1.58 bits per heavy atom. The van der Waals surface area contributed by atoms with Crippen molar-refractivity contribution < 1.29 is 37.4 Å². The molecule has 0 saturated heterocycles. The van der Waals surface area contributed by atoms with E-state index in [1.807, 2.05) is 53.8 Å². The molecule has 0 aliphatic heterocycles. The molecule has 7 nitrogen and oxygen atoms in total. The van der Waals surface area contributed by atoms with Gasteiger partial charge in [-0.2, -0.15) is 13.2 Å². The van der Waals surface area contributed by atoms with Crippen LogP contribution in [-0.2, 0) is 14.3 Å². The third kappa shape index (κ3) is 5.44. The lowest BCUT2D eigenvalue weighted by Crippen LogP contribution is -2.53. The largest absolute Gasteiger partial charge is 0.480 e. The topological polar surface area (TPSA) is 95.9 Å². The molecule has 0 radical (unpaired) electrons. The number of alkyl carbamates (subject to hydrolysis) is 1. The Kier molecular flexibility index (Phi) is 6.95. The normalized spacial score (nSPS) is 14.6. The Bertz CT molecular complexity index is 1010. The van der Waals surface area contributed by atoms with Gasteiger partial charge in [0.15, 0.2) is 0 Å². The Balaban J connectivity index is 1.72. The molecule has 1 aliphatic rings. The molecule has 0 bridgehead atoms. The summed E-state index contributed by atoms with van der Waals surface area (Å²) < 4.78 is 44.3. The molecule has 2 aromatic carbocycles. The van der Waals surface area contributed by atoms with E-state index < -0.39 is 42.7 Å². The molecule has 176 valence electrons. The highest BCUT2D eigenvalue weighted by Gasteiger charge is 2.39. The van der Waals surface area contributed by atoms with E-state index >= 15 is 0 Å². The Hall–Kier alpha value is -3.56. The average molecular weight is 464 g/mol. The quantitative estimate of drug-likeness (QED) is 0.650. The molecule has 2 amide bonds. The lowest BCUT2D eigenvalue weighted by Gasteiger charge is -2.27. The summed E-state index contributed by atoms with van der Waals surface area (Å²) in [6.07, 6.45) is -7.63. The number of ether oxygens (including phenoxy) is 1. The molecule has 0 fully saturated rings. The zero-order chi connectivity index (χ0) is 24.3. The first-order valence-corrected chi connectivity index (χ1v) is 10.2. The molecule has 0 heterocycles. The van der Waals surface area contributed by atoms with Gasteiger partial charge in [0.05, 0.1) is 6.42 Å². The molecule has 0 spiro atoms.